The van der Waals surface area contributed by atoms with Gasteiger partial charge in [0.2, 0.25) is 0 Å². The van der Waals surface area contributed by atoms with Gasteiger partial charge in [-0.1, -0.05) is 43.0 Å². The predicted octanol–water partition coefficient (Wildman–Crippen LogP) is 3.80. The van der Waals surface area contributed by atoms with E-state index in [0.29, 0.717) is 28.8 Å². The summed E-state index contributed by atoms with van der Waals surface area (Å²) in [6, 6.07) is 14.3. The van der Waals surface area contributed by atoms with Crippen molar-refractivity contribution in [2.75, 3.05) is 20.3 Å². The van der Waals surface area contributed by atoms with Crippen LogP contribution >= 0.6 is 24.0 Å². The van der Waals surface area contributed by atoms with Crippen LogP contribution in [0.4, 0.5) is 0 Å². The molecule has 1 fully saturated rings. The summed E-state index contributed by atoms with van der Waals surface area (Å²) in [6.45, 7) is 2.37. The van der Waals surface area contributed by atoms with Crippen molar-refractivity contribution in [3.05, 3.63) is 59.0 Å². The molecule has 1 saturated heterocycles. The Kier molecular flexibility index (Phi) is 7.91. The lowest BCUT2D eigenvalue weighted by Gasteiger charge is -2.15. The molecule has 31 heavy (non-hydrogen) atoms. The Bertz CT molecular complexity index is 995. The Hall–Kier alpha value is -3.04. The van der Waals surface area contributed by atoms with Crippen molar-refractivity contribution in [1.82, 2.24) is 10.4 Å². The summed E-state index contributed by atoms with van der Waals surface area (Å²) in [5.74, 6) is 0.876. The third kappa shape index (κ3) is 5.99. The molecule has 1 heterocycles. The third-order valence-electron chi connectivity index (χ3n) is 4.09. The first-order valence-corrected chi connectivity index (χ1v) is 10.8. The van der Waals surface area contributed by atoms with Crippen molar-refractivity contribution in [1.29, 1.82) is 0 Å². The summed E-state index contributed by atoms with van der Waals surface area (Å²) in [5.41, 5.74) is 3.24. The lowest BCUT2D eigenvalue weighted by Crippen LogP contribution is -2.46. The van der Waals surface area contributed by atoms with Crippen LogP contribution in [0.2, 0.25) is 0 Å². The van der Waals surface area contributed by atoms with Gasteiger partial charge < -0.3 is 14.2 Å². The van der Waals surface area contributed by atoms with Gasteiger partial charge >= 0.3 is 0 Å². The van der Waals surface area contributed by atoms with Gasteiger partial charge in [-0.3, -0.25) is 15.0 Å². The molecular formula is C22H22N2O5S2. The molecule has 2 amide bonds. The van der Waals surface area contributed by atoms with Gasteiger partial charge in [-0.25, -0.2) is 0 Å². The van der Waals surface area contributed by atoms with E-state index < -0.39 is 11.8 Å². The van der Waals surface area contributed by atoms with E-state index >= 15 is 0 Å². The number of carbonyl (C=O) groups is 2. The number of methoxy groups -OCH3 is 1. The molecule has 0 spiro atoms. The average molecular weight is 459 g/mol. The maximum atomic E-state index is 12.7. The highest BCUT2D eigenvalue weighted by atomic mass is 32.2. The topological polar surface area (TPSA) is 77.1 Å². The number of para-hydroxylation sites is 1. The molecular weight excluding hydrogens is 436 g/mol. The zero-order chi connectivity index (χ0) is 22.2. The minimum atomic E-state index is -0.486. The first-order valence-electron chi connectivity index (χ1n) is 9.58. The van der Waals surface area contributed by atoms with E-state index in [-0.39, 0.29) is 10.9 Å². The number of ether oxygens (including phenoxy) is 3. The maximum Gasteiger partial charge on any atom is 0.285 e. The molecule has 0 atom stereocenters. The van der Waals surface area contributed by atoms with Crippen molar-refractivity contribution >= 4 is 46.2 Å². The van der Waals surface area contributed by atoms with Crippen molar-refractivity contribution < 1.29 is 23.8 Å². The van der Waals surface area contributed by atoms with Crippen molar-refractivity contribution in [3.8, 4) is 17.2 Å². The molecule has 0 aromatic heterocycles. The van der Waals surface area contributed by atoms with Crippen molar-refractivity contribution in [2.45, 2.75) is 13.3 Å². The zero-order valence-corrected chi connectivity index (χ0v) is 18.8. The van der Waals surface area contributed by atoms with Gasteiger partial charge in [-0.2, -0.15) is 5.01 Å². The molecule has 2 aromatic carbocycles. The summed E-state index contributed by atoms with van der Waals surface area (Å²) in [6.07, 6.45) is 2.58. The van der Waals surface area contributed by atoms with Gasteiger partial charge in [0.05, 0.1) is 18.6 Å². The molecule has 0 aliphatic carbocycles. The van der Waals surface area contributed by atoms with Crippen LogP contribution in [0.5, 0.6) is 17.2 Å². The highest BCUT2D eigenvalue weighted by Gasteiger charge is 2.33. The number of nitrogens with one attached hydrogen (secondary N) is 1. The summed E-state index contributed by atoms with van der Waals surface area (Å²) in [5, 5.41) is 1.05. The van der Waals surface area contributed by atoms with Crippen LogP contribution in [-0.4, -0.2) is 41.5 Å². The van der Waals surface area contributed by atoms with Crippen LogP contribution < -0.4 is 19.6 Å². The second-order valence-corrected chi connectivity index (χ2v) is 8.09. The van der Waals surface area contributed by atoms with Gasteiger partial charge in [-0.15, -0.1) is 0 Å². The minimum Gasteiger partial charge on any atom is -0.493 e. The van der Waals surface area contributed by atoms with Crippen molar-refractivity contribution in [2.24, 2.45) is 0 Å². The second kappa shape index (κ2) is 10.8. The second-order valence-electron chi connectivity index (χ2n) is 6.41. The largest absolute Gasteiger partial charge is 0.493 e. The number of carbonyl (C=O) groups excluding carboxylic acids is 2. The van der Waals surface area contributed by atoms with E-state index in [4.69, 9.17) is 26.4 Å². The van der Waals surface area contributed by atoms with Crippen LogP contribution in [-0.2, 0) is 9.59 Å². The Balaban J connectivity index is 1.65. The number of thiocarbonyl (C=S) groups is 1. The van der Waals surface area contributed by atoms with Gasteiger partial charge in [0.15, 0.2) is 22.4 Å². The van der Waals surface area contributed by atoms with E-state index in [1.165, 1.54) is 0 Å². The van der Waals surface area contributed by atoms with E-state index in [9.17, 15) is 9.59 Å². The Morgan fingerprint density at radius 1 is 1.16 bits per heavy atom. The lowest BCUT2D eigenvalue weighted by atomic mass is 10.2. The highest BCUT2D eigenvalue weighted by molar-refractivity contribution is 8.26. The predicted molar refractivity (Wildman–Crippen MR) is 124 cm³/mol. The molecule has 0 unspecified atom stereocenters. The Labute approximate surface area is 190 Å². The molecule has 162 valence electrons. The molecule has 2 aromatic rings. The molecule has 1 aliphatic rings. The number of rotatable bonds is 9. The fourth-order valence-corrected chi connectivity index (χ4v) is 3.82. The van der Waals surface area contributed by atoms with Gasteiger partial charge in [-0.05, 0) is 54.5 Å². The van der Waals surface area contributed by atoms with Gasteiger partial charge in [0.25, 0.3) is 11.8 Å². The average Bonchev–Trinajstić information content (AvgIpc) is 3.04. The number of amides is 2. The number of hydrazine groups is 1. The summed E-state index contributed by atoms with van der Waals surface area (Å²) in [4.78, 5) is 25.3. The SMILES string of the molecule is CCCOc1ccc(/C=C2\SC(=S)N(NC(=O)COc3ccccc3)C2=O)cc1OC. The van der Waals surface area contributed by atoms with E-state index in [1.54, 1.807) is 49.6 Å². The lowest BCUT2D eigenvalue weighted by molar-refractivity contribution is -0.134. The summed E-state index contributed by atoms with van der Waals surface area (Å²) < 4.78 is 16.7. The molecule has 0 saturated carbocycles. The fraction of sp³-hybridized carbons (Fsp3) is 0.227. The molecule has 0 radical (unpaired) electrons. The van der Waals surface area contributed by atoms with Crippen LogP contribution in [0, 0.1) is 0 Å². The first-order chi connectivity index (χ1) is 15.0. The quantitative estimate of drug-likeness (QED) is 0.452. The summed E-state index contributed by atoms with van der Waals surface area (Å²) >= 11 is 6.36. The van der Waals surface area contributed by atoms with Gasteiger partial charge in [0.1, 0.15) is 5.75 Å². The van der Waals surface area contributed by atoms with Crippen molar-refractivity contribution in [3.63, 3.8) is 0 Å². The number of hydrogen-bond donors (Lipinski definition) is 1. The molecule has 3 rings (SSSR count). The highest BCUT2D eigenvalue weighted by Crippen LogP contribution is 2.34. The van der Waals surface area contributed by atoms with Crippen LogP contribution in [0.1, 0.15) is 18.9 Å². The standard InChI is InChI=1S/C22H22N2O5S2/c1-3-11-28-17-10-9-15(12-18(17)27-2)13-19-21(26)24(22(30)31-19)23-20(25)14-29-16-7-5-4-6-8-16/h4-10,12-13H,3,11,14H2,1-2H3,(H,23,25)/b19-13-. The number of thioether (sulfide) groups is 1. The van der Waals surface area contributed by atoms with E-state index in [1.807, 2.05) is 19.1 Å². The fourth-order valence-electron chi connectivity index (χ4n) is 2.64. The third-order valence-corrected chi connectivity index (χ3v) is 5.39. The van der Waals surface area contributed by atoms with Crippen LogP contribution in [0.15, 0.2) is 53.4 Å². The molecule has 9 heteroatoms. The van der Waals surface area contributed by atoms with Gasteiger partial charge in [0, 0.05) is 0 Å². The molecule has 7 nitrogen and oxygen atoms in total. The minimum absolute atomic E-state index is 0.235. The van der Waals surface area contributed by atoms with Crippen LogP contribution in [0.3, 0.4) is 0 Å². The monoisotopic (exact) mass is 458 g/mol. The zero-order valence-electron chi connectivity index (χ0n) is 17.1. The number of benzene rings is 2. The van der Waals surface area contributed by atoms with E-state index in [0.717, 1.165) is 28.8 Å². The number of nitrogens with zero attached hydrogens (tertiary/aromatic N) is 1. The summed E-state index contributed by atoms with van der Waals surface area (Å²) in [7, 11) is 1.56. The molecule has 1 N–H and O–H groups in total. The van der Waals surface area contributed by atoms with Crippen LogP contribution in [0.25, 0.3) is 6.08 Å². The van der Waals surface area contributed by atoms with E-state index in [2.05, 4.69) is 5.43 Å². The number of hydrogen-bond acceptors (Lipinski definition) is 7. The normalized spacial score (nSPS) is 14.6. The molecule has 0 bridgehead atoms. The molecule has 1 aliphatic heterocycles. The Morgan fingerprint density at radius 3 is 2.65 bits per heavy atom. The Morgan fingerprint density at radius 2 is 1.94 bits per heavy atom. The first kappa shape index (κ1) is 22.6. The maximum absolute atomic E-state index is 12.7. The smallest absolute Gasteiger partial charge is 0.285 e.